The molecular weight excluding hydrogens is 286 g/mol. The topological polar surface area (TPSA) is 82.6 Å². The van der Waals surface area contributed by atoms with Crippen molar-refractivity contribution < 1.29 is 19.0 Å². The predicted octanol–water partition coefficient (Wildman–Crippen LogP) is 1.82. The molecule has 2 aromatic rings. The van der Waals surface area contributed by atoms with Crippen LogP contribution in [0.25, 0.3) is 0 Å². The van der Waals surface area contributed by atoms with Crippen LogP contribution < -0.4 is 19.5 Å². The molecule has 0 bridgehead atoms. The smallest absolute Gasteiger partial charge is 0.319 e. The summed E-state index contributed by atoms with van der Waals surface area (Å²) in [5.41, 5.74) is 1.31. The zero-order valence-electron chi connectivity index (χ0n) is 12.6. The Hall–Kier alpha value is -2.83. The van der Waals surface area contributed by atoms with Crippen molar-refractivity contribution in [2.24, 2.45) is 0 Å². The molecular formula is C15H17N3O4. The fourth-order valence-electron chi connectivity index (χ4n) is 1.74. The molecule has 0 radical (unpaired) electrons. The van der Waals surface area contributed by atoms with Crippen molar-refractivity contribution in [2.45, 2.75) is 6.92 Å². The zero-order valence-corrected chi connectivity index (χ0v) is 12.6. The van der Waals surface area contributed by atoms with Crippen LogP contribution >= 0.6 is 0 Å². The average molecular weight is 303 g/mol. The predicted molar refractivity (Wildman–Crippen MR) is 80.4 cm³/mol. The number of benzene rings is 1. The first-order valence-corrected chi connectivity index (χ1v) is 6.57. The second kappa shape index (κ2) is 7.26. The van der Waals surface area contributed by atoms with Crippen molar-refractivity contribution in [3.05, 3.63) is 36.0 Å². The lowest BCUT2D eigenvalue weighted by Gasteiger charge is -2.11. The normalized spacial score (nSPS) is 9.95. The molecule has 22 heavy (non-hydrogen) atoms. The third-order valence-corrected chi connectivity index (χ3v) is 2.83. The van der Waals surface area contributed by atoms with Gasteiger partial charge in [-0.2, -0.15) is 4.98 Å². The second-order valence-corrected chi connectivity index (χ2v) is 4.38. The van der Waals surface area contributed by atoms with Gasteiger partial charge >= 0.3 is 6.01 Å². The number of carbonyl (C=O) groups is 1. The first-order valence-electron chi connectivity index (χ1n) is 6.57. The van der Waals surface area contributed by atoms with E-state index in [2.05, 4.69) is 15.3 Å². The van der Waals surface area contributed by atoms with Gasteiger partial charge in [-0.25, -0.2) is 4.98 Å². The quantitative estimate of drug-likeness (QED) is 0.876. The minimum atomic E-state index is -0.338. The van der Waals surface area contributed by atoms with Crippen molar-refractivity contribution in [3.63, 3.8) is 0 Å². The molecule has 0 saturated heterocycles. The van der Waals surface area contributed by atoms with Crippen molar-refractivity contribution in [1.29, 1.82) is 0 Å². The summed E-state index contributed by atoms with van der Waals surface area (Å²) < 4.78 is 15.5. The third kappa shape index (κ3) is 3.85. The Morgan fingerprint density at radius 2 is 2.00 bits per heavy atom. The van der Waals surface area contributed by atoms with Crippen LogP contribution in [0.15, 0.2) is 30.5 Å². The van der Waals surface area contributed by atoms with Gasteiger partial charge in [-0.15, -0.1) is 0 Å². The van der Waals surface area contributed by atoms with Crippen LogP contribution in [0.2, 0.25) is 0 Å². The molecule has 7 nitrogen and oxygen atoms in total. The number of methoxy groups -OCH3 is 2. The van der Waals surface area contributed by atoms with E-state index in [0.717, 1.165) is 5.56 Å². The number of hydrogen-bond donors (Lipinski definition) is 1. The van der Waals surface area contributed by atoms with Gasteiger partial charge in [0.2, 0.25) is 5.88 Å². The molecule has 116 valence electrons. The number of anilines is 1. The van der Waals surface area contributed by atoms with E-state index in [4.69, 9.17) is 14.2 Å². The SMILES string of the molecule is COc1ncc(NC(=O)COc2ccccc2C)c(OC)n1. The molecule has 0 spiro atoms. The Morgan fingerprint density at radius 1 is 1.23 bits per heavy atom. The van der Waals surface area contributed by atoms with Gasteiger partial charge in [0.25, 0.3) is 5.91 Å². The van der Waals surface area contributed by atoms with E-state index in [1.807, 2.05) is 25.1 Å². The van der Waals surface area contributed by atoms with Crippen molar-refractivity contribution in [1.82, 2.24) is 9.97 Å². The van der Waals surface area contributed by atoms with Gasteiger partial charge < -0.3 is 19.5 Å². The van der Waals surface area contributed by atoms with Gasteiger partial charge in [0.1, 0.15) is 11.4 Å². The maximum atomic E-state index is 11.9. The van der Waals surface area contributed by atoms with Crippen LogP contribution in [0, 0.1) is 6.92 Å². The van der Waals surface area contributed by atoms with E-state index in [9.17, 15) is 4.79 Å². The highest BCUT2D eigenvalue weighted by Gasteiger charge is 2.12. The van der Waals surface area contributed by atoms with Gasteiger partial charge in [0, 0.05) is 0 Å². The first-order chi connectivity index (χ1) is 10.6. The summed E-state index contributed by atoms with van der Waals surface area (Å²) >= 11 is 0. The van der Waals surface area contributed by atoms with Crippen LogP contribution in [-0.2, 0) is 4.79 Å². The summed E-state index contributed by atoms with van der Waals surface area (Å²) in [5, 5.41) is 2.63. The summed E-state index contributed by atoms with van der Waals surface area (Å²) in [5.74, 6) is 0.544. The molecule has 7 heteroatoms. The average Bonchev–Trinajstić information content (AvgIpc) is 2.54. The van der Waals surface area contributed by atoms with Crippen LogP contribution in [0.5, 0.6) is 17.6 Å². The highest BCUT2D eigenvalue weighted by atomic mass is 16.5. The maximum Gasteiger partial charge on any atom is 0.319 e. The van der Waals surface area contributed by atoms with Crippen molar-refractivity contribution in [3.8, 4) is 17.6 Å². The maximum absolute atomic E-state index is 11.9. The largest absolute Gasteiger partial charge is 0.483 e. The van der Waals surface area contributed by atoms with E-state index >= 15 is 0 Å². The lowest BCUT2D eigenvalue weighted by Crippen LogP contribution is -2.21. The van der Waals surface area contributed by atoms with Gasteiger partial charge in [-0.1, -0.05) is 18.2 Å². The molecule has 0 unspecified atom stereocenters. The molecule has 1 aromatic heterocycles. The summed E-state index contributed by atoms with van der Waals surface area (Å²) in [6.07, 6.45) is 1.41. The Labute approximate surface area is 128 Å². The molecule has 1 heterocycles. The number of nitrogens with zero attached hydrogens (tertiary/aromatic N) is 2. The molecule has 0 atom stereocenters. The highest BCUT2D eigenvalue weighted by Crippen LogP contribution is 2.22. The fraction of sp³-hybridized carbons (Fsp3) is 0.267. The zero-order chi connectivity index (χ0) is 15.9. The summed E-state index contributed by atoms with van der Waals surface area (Å²) in [6.45, 7) is 1.79. The minimum Gasteiger partial charge on any atom is -0.483 e. The van der Waals surface area contributed by atoms with Crippen LogP contribution in [0.3, 0.4) is 0 Å². The van der Waals surface area contributed by atoms with Crippen molar-refractivity contribution in [2.75, 3.05) is 26.1 Å². The number of carbonyl (C=O) groups excluding carboxylic acids is 1. The summed E-state index contributed by atoms with van der Waals surface area (Å²) in [7, 11) is 2.89. The molecule has 2 rings (SSSR count). The number of aryl methyl sites for hydroxylation is 1. The summed E-state index contributed by atoms with van der Waals surface area (Å²) in [4.78, 5) is 19.8. The number of ether oxygens (including phenoxy) is 3. The molecule has 0 fully saturated rings. The van der Waals surface area contributed by atoms with Gasteiger partial charge in [-0.3, -0.25) is 4.79 Å². The summed E-state index contributed by atoms with van der Waals surface area (Å²) in [6, 6.07) is 7.63. The molecule has 1 aromatic carbocycles. The number of amides is 1. The van der Waals surface area contributed by atoms with Gasteiger partial charge in [0.05, 0.1) is 20.4 Å². The monoisotopic (exact) mass is 303 g/mol. The Kier molecular flexibility index (Phi) is 5.13. The van der Waals surface area contributed by atoms with Crippen LogP contribution in [0.4, 0.5) is 5.69 Å². The minimum absolute atomic E-state index is 0.125. The molecule has 1 amide bonds. The van der Waals surface area contributed by atoms with E-state index in [1.165, 1.54) is 20.4 Å². The fourth-order valence-corrected chi connectivity index (χ4v) is 1.74. The standard InChI is InChI=1S/C15H17N3O4/c1-10-6-4-5-7-12(10)22-9-13(19)17-11-8-16-15(21-3)18-14(11)20-2/h4-8H,9H2,1-3H3,(H,17,19). The second-order valence-electron chi connectivity index (χ2n) is 4.38. The van der Waals surface area contributed by atoms with E-state index < -0.39 is 0 Å². The molecule has 0 aliphatic carbocycles. The number of para-hydroxylation sites is 1. The molecule has 0 saturated carbocycles. The van der Waals surface area contributed by atoms with E-state index in [1.54, 1.807) is 6.07 Å². The lowest BCUT2D eigenvalue weighted by molar-refractivity contribution is -0.118. The van der Waals surface area contributed by atoms with E-state index in [-0.39, 0.29) is 24.4 Å². The first kappa shape index (κ1) is 15.6. The van der Waals surface area contributed by atoms with E-state index in [0.29, 0.717) is 11.4 Å². The molecule has 0 aliphatic rings. The molecule has 0 aliphatic heterocycles. The Balaban J connectivity index is 1.99. The molecule has 1 N–H and O–H groups in total. The lowest BCUT2D eigenvalue weighted by atomic mass is 10.2. The van der Waals surface area contributed by atoms with Gasteiger partial charge in [-0.05, 0) is 18.6 Å². The number of hydrogen-bond acceptors (Lipinski definition) is 6. The van der Waals surface area contributed by atoms with Crippen LogP contribution in [0.1, 0.15) is 5.56 Å². The number of aromatic nitrogens is 2. The highest BCUT2D eigenvalue weighted by molar-refractivity contribution is 5.92. The number of rotatable bonds is 6. The van der Waals surface area contributed by atoms with Crippen molar-refractivity contribution >= 4 is 11.6 Å². The Morgan fingerprint density at radius 3 is 2.68 bits per heavy atom. The van der Waals surface area contributed by atoms with Gasteiger partial charge in [0.15, 0.2) is 6.61 Å². The Bertz CT molecular complexity index is 661. The number of nitrogens with one attached hydrogen (secondary N) is 1. The van der Waals surface area contributed by atoms with Crippen LogP contribution in [-0.4, -0.2) is 36.7 Å². The third-order valence-electron chi connectivity index (χ3n) is 2.83.